The third kappa shape index (κ3) is 2.58. The molecule has 1 atom stereocenters. The number of hydrogen-bond donors (Lipinski definition) is 1. The molecule has 0 aromatic heterocycles. The van der Waals surface area contributed by atoms with Crippen molar-refractivity contribution in [2.75, 3.05) is 7.05 Å². The average Bonchev–Trinajstić information content (AvgIpc) is 2.17. The van der Waals surface area contributed by atoms with Gasteiger partial charge >= 0.3 is 0 Å². The van der Waals surface area contributed by atoms with Crippen molar-refractivity contribution >= 4 is 5.91 Å². The Kier molecular flexibility index (Phi) is 3.52. The van der Waals surface area contributed by atoms with Crippen LogP contribution < -0.4 is 5.32 Å². The maximum atomic E-state index is 11.4. The molecule has 13 heavy (non-hydrogen) atoms. The summed E-state index contributed by atoms with van der Waals surface area (Å²) in [5.74, 6) is 0.904. The molecule has 0 spiro atoms. The van der Waals surface area contributed by atoms with Gasteiger partial charge in [0.2, 0.25) is 5.91 Å². The molecular weight excluding hydrogens is 162 g/mol. The van der Waals surface area contributed by atoms with Crippen molar-refractivity contribution in [1.82, 2.24) is 5.32 Å². The highest BCUT2D eigenvalue weighted by molar-refractivity contribution is 5.78. The molecule has 1 aliphatic carbocycles. The number of allylic oxidation sites excluding steroid dienone is 1. The molecule has 1 aliphatic rings. The van der Waals surface area contributed by atoms with E-state index in [4.69, 9.17) is 0 Å². The quantitative estimate of drug-likeness (QED) is 0.649. The van der Waals surface area contributed by atoms with Crippen LogP contribution in [0, 0.1) is 11.8 Å². The summed E-state index contributed by atoms with van der Waals surface area (Å²) in [5.41, 5.74) is 1.35. The molecule has 2 heteroatoms. The second kappa shape index (κ2) is 4.45. The van der Waals surface area contributed by atoms with Crippen LogP contribution in [0.3, 0.4) is 0 Å². The topological polar surface area (TPSA) is 29.1 Å². The van der Waals surface area contributed by atoms with Crippen molar-refractivity contribution in [2.24, 2.45) is 11.8 Å². The van der Waals surface area contributed by atoms with Gasteiger partial charge in [-0.25, -0.2) is 0 Å². The molecule has 0 bridgehead atoms. The lowest BCUT2D eigenvalue weighted by Gasteiger charge is -2.27. The SMILES string of the molecule is C=C1CCC([C@H](C)C(=O)NC)CC1. The fourth-order valence-corrected chi connectivity index (χ4v) is 1.99. The molecule has 1 fully saturated rings. The summed E-state index contributed by atoms with van der Waals surface area (Å²) >= 11 is 0. The lowest BCUT2D eigenvalue weighted by molar-refractivity contribution is -0.125. The summed E-state index contributed by atoms with van der Waals surface area (Å²) in [6.07, 6.45) is 4.47. The Morgan fingerprint density at radius 3 is 2.54 bits per heavy atom. The summed E-state index contributed by atoms with van der Waals surface area (Å²) < 4.78 is 0. The van der Waals surface area contributed by atoms with E-state index in [2.05, 4.69) is 11.9 Å². The van der Waals surface area contributed by atoms with E-state index in [-0.39, 0.29) is 11.8 Å². The molecule has 1 rings (SSSR count). The molecule has 0 saturated heterocycles. The van der Waals surface area contributed by atoms with Gasteiger partial charge in [-0.15, -0.1) is 0 Å². The summed E-state index contributed by atoms with van der Waals surface area (Å²) in [6, 6.07) is 0. The largest absolute Gasteiger partial charge is 0.359 e. The first-order chi connectivity index (χ1) is 6.15. The Bertz CT molecular complexity index is 200. The molecule has 1 saturated carbocycles. The van der Waals surface area contributed by atoms with Crippen LogP contribution in [0.15, 0.2) is 12.2 Å². The Morgan fingerprint density at radius 1 is 1.54 bits per heavy atom. The maximum Gasteiger partial charge on any atom is 0.222 e. The molecule has 1 amide bonds. The van der Waals surface area contributed by atoms with Crippen LogP contribution in [-0.4, -0.2) is 13.0 Å². The molecule has 0 radical (unpaired) electrons. The van der Waals surface area contributed by atoms with E-state index >= 15 is 0 Å². The lowest BCUT2D eigenvalue weighted by atomic mass is 9.79. The predicted octanol–water partition coefficient (Wildman–Crippen LogP) is 2.11. The summed E-state index contributed by atoms with van der Waals surface area (Å²) in [5, 5.41) is 2.71. The second-order valence-electron chi connectivity index (χ2n) is 3.99. The first kappa shape index (κ1) is 10.3. The van der Waals surface area contributed by atoms with E-state index in [1.807, 2.05) is 6.92 Å². The zero-order chi connectivity index (χ0) is 9.84. The molecule has 0 unspecified atom stereocenters. The van der Waals surface area contributed by atoms with Gasteiger partial charge in [-0.1, -0.05) is 19.1 Å². The van der Waals surface area contributed by atoms with Crippen LogP contribution in [-0.2, 0) is 4.79 Å². The minimum atomic E-state index is 0.165. The Balaban J connectivity index is 2.44. The first-order valence-corrected chi connectivity index (χ1v) is 5.03. The molecule has 2 nitrogen and oxygen atoms in total. The average molecular weight is 181 g/mol. The van der Waals surface area contributed by atoms with Crippen LogP contribution in [0.5, 0.6) is 0 Å². The van der Waals surface area contributed by atoms with Gasteiger partial charge in [0.25, 0.3) is 0 Å². The van der Waals surface area contributed by atoms with Crippen LogP contribution >= 0.6 is 0 Å². The van der Waals surface area contributed by atoms with Crippen LogP contribution in [0.4, 0.5) is 0 Å². The standard InChI is InChI=1S/C11H19NO/c1-8-4-6-10(7-5-8)9(2)11(13)12-3/h9-10H,1,4-7H2,2-3H3,(H,12,13)/t9-/m0/s1. The molecule has 1 N–H and O–H groups in total. The Labute approximate surface area is 80.4 Å². The van der Waals surface area contributed by atoms with E-state index in [1.54, 1.807) is 7.05 Å². The van der Waals surface area contributed by atoms with Crippen molar-refractivity contribution in [2.45, 2.75) is 32.6 Å². The second-order valence-corrected chi connectivity index (χ2v) is 3.99. The van der Waals surface area contributed by atoms with Crippen molar-refractivity contribution in [1.29, 1.82) is 0 Å². The van der Waals surface area contributed by atoms with Gasteiger partial charge in [0.05, 0.1) is 0 Å². The van der Waals surface area contributed by atoms with Crippen molar-refractivity contribution in [3.05, 3.63) is 12.2 Å². The highest BCUT2D eigenvalue weighted by atomic mass is 16.1. The third-order valence-corrected chi connectivity index (χ3v) is 3.10. The number of amides is 1. The highest BCUT2D eigenvalue weighted by Crippen LogP contribution is 2.32. The van der Waals surface area contributed by atoms with E-state index in [0.29, 0.717) is 5.92 Å². The molecule has 0 heterocycles. The smallest absolute Gasteiger partial charge is 0.222 e. The van der Waals surface area contributed by atoms with Crippen molar-refractivity contribution < 1.29 is 4.79 Å². The van der Waals surface area contributed by atoms with Crippen LogP contribution in [0.1, 0.15) is 32.6 Å². The highest BCUT2D eigenvalue weighted by Gasteiger charge is 2.25. The monoisotopic (exact) mass is 181 g/mol. The number of hydrogen-bond acceptors (Lipinski definition) is 1. The van der Waals surface area contributed by atoms with Crippen LogP contribution in [0.25, 0.3) is 0 Å². The fourth-order valence-electron chi connectivity index (χ4n) is 1.99. The van der Waals surface area contributed by atoms with Gasteiger partial charge in [-0.05, 0) is 31.6 Å². The lowest BCUT2D eigenvalue weighted by Crippen LogP contribution is -2.31. The third-order valence-electron chi connectivity index (χ3n) is 3.10. The molecule has 0 aliphatic heterocycles. The fraction of sp³-hybridized carbons (Fsp3) is 0.727. The first-order valence-electron chi connectivity index (χ1n) is 5.03. The molecular formula is C11H19NO. The van der Waals surface area contributed by atoms with Crippen molar-refractivity contribution in [3.63, 3.8) is 0 Å². The summed E-state index contributed by atoms with van der Waals surface area (Å²) in [7, 11) is 1.71. The van der Waals surface area contributed by atoms with Gasteiger partial charge in [0.15, 0.2) is 0 Å². The minimum Gasteiger partial charge on any atom is -0.359 e. The van der Waals surface area contributed by atoms with E-state index < -0.39 is 0 Å². The number of carbonyl (C=O) groups excluding carboxylic acids is 1. The van der Waals surface area contributed by atoms with E-state index in [0.717, 1.165) is 25.7 Å². The van der Waals surface area contributed by atoms with E-state index in [9.17, 15) is 4.79 Å². The minimum absolute atomic E-state index is 0.165. The van der Waals surface area contributed by atoms with Gasteiger partial charge in [0, 0.05) is 13.0 Å². The Morgan fingerprint density at radius 2 is 2.08 bits per heavy atom. The Hall–Kier alpha value is -0.790. The number of nitrogens with one attached hydrogen (secondary N) is 1. The number of rotatable bonds is 2. The summed E-state index contributed by atoms with van der Waals surface area (Å²) in [6.45, 7) is 6.00. The maximum absolute atomic E-state index is 11.4. The van der Waals surface area contributed by atoms with Gasteiger partial charge in [-0.2, -0.15) is 0 Å². The van der Waals surface area contributed by atoms with Crippen molar-refractivity contribution in [3.8, 4) is 0 Å². The molecule has 0 aromatic carbocycles. The van der Waals surface area contributed by atoms with E-state index in [1.165, 1.54) is 5.57 Å². The number of carbonyl (C=O) groups is 1. The van der Waals surface area contributed by atoms with Crippen LogP contribution in [0.2, 0.25) is 0 Å². The van der Waals surface area contributed by atoms with Gasteiger partial charge < -0.3 is 5.32 Å². The zero-order valence-electron chi connectivity index (χ0n) is 8.60. The van der Waals surface area contributed by atoms with Gasteiger partial charge in [0.1, 0.15) is 0 Å². The normalized spacial score (nSPS) is 21.2. The molecule has 74 valence electrons. The molecule has 0 aromatic rings. The zero-order valence-corrected chi connectivity index (χ0v) is 8.60. The predicted molar refractivity (Wildman–Crippen MR) is 54.3 cm³/mol. The van der Waals surface area contributed by atoms with Gasteiger partial charge in [-0.3, -0.25) is 4.79 Å². The summed E-state index contributed by atoms with van der Waals surface area (Å²) in [4.78, 5) is 11.4.